The third-order valence-corrected chi connectivity index (χ3v) is 6.86. The molecule has 0 unspecified atom stereocenters. The number of furan rings is 1. The Kier molecular flexibility index (Phi) is 4.91. The molecule has 2 aliphatic heterocycles. The molecule has 3 aliphatic rings. The number of fused-ring (bicyclic) bond motifs is 2. The standard InChI is InChI=1S/C20H22N4O4S/c25-18(21-10-12-8-17(28-23-12)16-6-3-7-27-16)9-13-11-29-20-22-15-5-2-1-4-14(15)19(26)24(13)20/h3,6-8,13-15H,1-2,4-5,9-11H2,(H,21,25)/t13-,14-,15+/m1/s1. The van der Waals surface area contributed by atoms with Gasteiger partial charge >= 0.3 is 0 Å². The SMILES string of the molecule is O=C(C[C@@H]1CSC2=N[C@H]3CCCC[C@H]3C(=O)N21)NCc1cc(-c2ccco2)on1. The number of hydrogen-bond acceptors (Lipinski definition) is 7. The molecule has 2 aromatic rings. The van der Waals surface area contributed by atoms with Gasteiger partial charge in [-0.05, 0) is 25.0 Å². The largest absolute Gasteiger partial charge is 0.461 e. The van der Waals surface area contributed by atoms with Crippen molar-refractivity contribution in [2.45, 2.75) is 50.7 Å². The van der Waals surface area contributed by atoms with Crippen LogP contribution in [0, 0.1) is 5.92 Å². The van der Waals surface area contributed by atoms with Gasteiger partial charge in [-0.15, -0.1) is 0 Å². The maximum absolute atomic E-state index is 13.0. The van der Waals surface area contributed by atoms with E-state index in [0.29, 0.717) is 23.0 Å². The van der Waals surface area contributed by atoms with Crippen molar-refractivity contribution in [3.8, 4) is 11.5 Å². The fourth-order valence-electron chi connectivity index (χ4n) is 4.27. The summed E-state index contributed by atoms with van der Waals surface area (Å²) in [6, 6.07) is 5.30. The van der Waals surface area contributed by atoms with Gasteiger partial charge in [-0.3, -0.25) is 19.5 Å². The van der Waals surface area contributed by atoms with Crippen LogP contribution >= 0.6 is 11.8 Å². The fraction of sp³-hybridized carbons (Fsp3) is 0.500. The molecule has 8 nitrogen and oxygen atoms in total. The maximum Gasteiger partial charge on any atom is 0.234 e. The van der Waals surface area contributed by atoms with Crippen LogP contribution in [0.15, 0.2) is 38.4 Å². The molecule has 2 amide bonds. The summed E-state index contributed by atoms with van der Waals surface area (Å²) in [5, 5.41) is 7.63. The summed E-state index contributed by atoms with van der Waals surface area (Å²) in [5.41, 5.74) is 0.617. The first kappa shape index (κ1) is 18.5. The van der Waals surface area contributed by atoms with Gasteiger partial charge in [-0.2, -0.15) is 0 Å². The molecule has 0 radical (unpaired) electrons. The molecule has 5 rings (SSSR count). The molecule has 2 fully saturated rings. The lowest BCUT2D eigenvalue weighted by Gasteiger charge is -2.37. The number of carbonyl (C=O) groups excluding carboxylic acids is 2. The number of carbonyl (C=O) groups is 2. The van der Waals surface area contributed by atoms with E-state index < -0.39 is 0 Å². The smallest absolute Gasteiger partial charge is 0.234 e. The van der Waals surface area contributed by atoms with Crippen LogP contribution in [0.4, 0.5) is 0 Å². The molecule has 3 atom stereocenters. The molecule has 29 heavy (non-hydrogen) atoms. The number of nitrogens with zero attached hydrogens (tertiary/aromatic N) is 3. The van der Waals surface area contributed by atoms with Crippen LogP contribution in [-0.2, 0) is 16.1 Å². The third-order valence-electron chi connectivity index (χ3n) is 5.75. The zero-order valence-electron chi connectivity index (χ0n) is 15.9. The van der Waals surface area contributed by atoms with Crippen LogP contribution in [0.5, 0.6) is 0 Å². The lowest BCUT2D eigenvalue weighted by atomic mass is 9.83. The lowest BCUT2D eigenvalue weighted by Crippen LogP contribution is -2.51. The molecule has 1 saturated carbocycles. The van der Waals surface area contributed by atoms with Gasteiger partial charge in [0.05, 0.1) is 30.8 Å². The molecule has 1 saturated heterocycles. The zero-order chi connectivity index (χ0) is 19.8. The van der Waals surface area contributed by atoms with E-state index in [1.165, 1.54) is 0 Å². The summed E-state index contributed by atoms with van der Waals surface area (Å²) in [4.78, 5) is 32.1. The summed E-state index contributed by atoms with van der Waals surface area (Å²) in [6.45, 7) is 0.266. The molecule has 0 spiro atoms. The topological polar surface area (TPSA) is 101 Å². The normalized spacial score (nSPS) is 26.1. The molecular formula is C20H22N4O4S. The molecule has 1 N–H and O–H groups in total. The Morgan fingerprint density at radius 2 is 2.21 bits per heavy atom. The Balaban J connectivity index is 1.19. The van der Waals surface area contributed by atoms with Crippen LogP contribution in [0.1, 0.15) is 37.8 Å². The minimum atomic E-state index is -0.134. The van der Waals surface area contributed by atoms with Crippen LogP contribution < -0.4 is 5.32 Å². The summed E-state index contributed by atoms with van der Waals surface area (Å²) < 4.78 is 10.5. The lowest BCUT2D eigenvalue weighted by molar-refractivity contribution is -0.135. The van der Waals surface area contributed by atoms with E-state index in [9.17, 15) is 9.59 Å². The molecule has 152 valence electrons. The summed E-state index contributed by atoms with van der Waals surface area (Å²) in [7, 11) is 0. The van der Waals surface area contributed by atoms with Crippen molar-refractivity contribution >= 4 is 28.7 Å². The maximum atomic E-state index is 13.0. The van der Waals surface area contributed by atoms with Gasteiger partial charge in [0.15, 0.2) is 10.9 Å². The fourth-order valence-corrected chi connectivity index (χ4v) is 5.47. The minimum absolute atomic E-state index is 0.00749. The highest BCUT2D eigenvalue weighted by atomic mass is 32.2. The van der Waals surface area contributed by atoms with Gasteiger partial charge in [-0.1, -0.05) is 29.8 Å². The van der Waals surface area contributed by atoms with E-state index in [0.717, 1.165) is 30.9 Å². The summed E-state index contributed by atoms with van der Waals surface area (Å²) in [6.07, 6.45) is 5.96. The van der Waals surface area contributed by atoms with E-state index in [1.54, 1.807) is 41.1 Å². The van der Waals surface area contributed by atoms with Crippen molar-refractivity contribution in [1.29, 1.82) is 0 Å². The molecule has 9 heteroatoms. The Morgan fingerprint density at radius 1 is 1.31 bits per heavy atom. The predicted molar refractivity (Wildman–Crippen MR) is 107 cm³/mol. The van der Waals surface area contributed by atoms with Crippen molar-refractivity contribution in [3.05, 3.63) is 30.2 Å². The van der Waals surface area contributed by atoms with Crippen molar-refractivity contribution in [2.24, 2.45) is 10.9 Å². The first-order valence-corrected chi connectivity index (χ1v) is 11.0. The average Bonchev–Trinajstić information content (AvgIpc) is 3.48. The minimum Gasteiger partial charge on any atom is -0.461 e. The van der Waals surface area contributed by atoms with Crippen LogP contribution in [-0.4, -0.2) is 44.9 Å². The van der Waals surface area contributed by atoms with Gasteiger partial charge in [0.2, 0.25) is 17.6 Å². The molecule has 0 bridgehead atoms. The molecule has 4 heterocycles. The quantitative estimate of drug-likeness (QED) is 0.807. The first-order chi connectivity index (χ1) is 14.2. The third kappa shape index (κ3) is 3.59. The number of thioether (sulfide) groups is 1. The van der Waals surface area contributed by atoms with Gasteiger partial charge in [0.25, 0.3) is 0 Å². The monoisotopic (exact) mass is 414 g/mol. The molecule has 0 aromatic carbocycles. The molecular weight excluding hydrogens is 392 g/mol. The summed E-state index contributed by atoms with van der Waals surface area (Å²) >= 11 is 1.59. The van der Waals surface area contributed by atoms with Crippen molar-refractivity contribution in [2.75, 3.05) is 5.75 Å². The number of hydrogen-bond donors (Lipinski definition) is 1. The van der Waals surface area contributed by atoms with Gasteiger partial charge in [0.1, 0.15) is 5.69 Å². The Morgan fingerprint density at radius 3 is 3.07 bits per heavy atom. The number of rotatable bonds is 5. The van der Waals surface area contributed by atoms with Gasteiger partial charge in [-0.25, -0.2) is 0 Å². The second-order valence-electron chi connectivity index (χ2n) is 7.68. The Hall–Kier alpha value is -2.55. The van der Waals surface area contributed by atoms with Crippen LogP contribution in [0.2, 0.25) is 0 Å². The number of amidine groups is 1. The second kappa shape index (κ2) is 7.70. The van der Waals surface area contributed by atoms with E-state index in [1.807, 2.05) is 0 Å². The van der Waals surface area contributed by atoms with Crippen molar-refractivity contribution in [1.82, 2.24) is 15.4 Å². The highest BCUT2D eigenvalue weighted by Crippen LogP contribution is 2.38. The highest BCUT2D eigenvalue weighted by Gasteiger charge is 2.45. The van der Waals surface area contributed by atoms with E-state index in [-0.39, 0.29) is 42.8 Å². The predicted octanol–water partition coefficient (Wildman–Crippen LogP) is 2.81. The number of nitrogens with one attached hydrogen (secondary N) is 1. The number of aromatic nitrogens is 1. The van der Waals surface area contributed by atoms with Gasteiger partial charge < -0.3 is 14.3 Å². The van der Waals surface area contributed by atoms with E-state index >= 15 is 0 Å². The number of amides is 2. The van der Waals surface area contributed by atoms with Crippen LogP contribution in [0.25, 0.3) is 11.5 Å². The molecule has 1 aliphatic carbocycles. The van der Waals surface area contributed by atoms with Crippen molar-refractivity contribution < 1.29 is 18.5 Å². The molecule has 2 aromatic heterocycles. The summed E-state index contributed by atoms with van der Waals surface area (Å²) in [5.74, 6) is 1.86. The van der Waals surface area contributed by atoms with Crippen LogP contribution in [0.3, 0.4) is 0 Å². The van der Waals surface area contributed by atoms with Gasteiger partial charge in [0, 0.05) is 18.2 Å². The Bertz CT molecular complexity index is 938. The second-order valence-corrected chi connectivity index (χ2v) is 8.67. The average molecular weight is 414 g/mol. The first-order valence-electron chi connectivity index (χ1n) is 9.99. The highest BCUT2D eigenvalue weighted by molar-refractivity contribution is 8.14. The van der Waals surface area contributed by atoms with E-state index in [2.05, 4.69) is 10.5 Å². The van der Waals surface area contributed by atoms with E-state index in [4.69, 9.17) is 13.9 Å². The zero-order valence-corrected chi connectivity index (χ0v) is 16.7. The van der Waals surface area contributed by atoms with Crippen molar-refractivity contribution in [3.63, 3.8) is 0 Å². The number of aliphatic imine (C=N–C) groups is 1. The Labute approximate surface area is 172 Å².